The van der Waals surface area contributed by atoms with Crippen LogP contribution in [0.3, 0.4) is 0 Å². The van der Waals surface area contributed by atoms with Gasteiger partial charge in [-0.1, -0.05) is 31.9 Å². The Labute approximate surface area is 96.5 Å². The van der Waals surface area contributed by atoms with Gasteiger partial charge in [0.15, 0.2) is 0 Å². The zero-order chi connectivity index (χ0) is 11.1. The molecule has 1 rings (SSSR count). The minimum absolute atomic E-state index is 0.454. The quantitative estimate of drug-likeness (QED) is 0.749. The maximum absolute atomic E-state index is 5.68. The van der Waals surface area contributed by atoms with Gasteiger partial charge in [-0.25, -0.2) is 4.98 Å². The Kier molecular flexibility index (Phi) is 5.58. The Balaban J connectivity index is 2.47. The Hall–Kier alpha value is -0.670. The molecule has 4 heteroatoms. The van der Waals surface area contributed by atoms with E-state index in [1.807, 2.05) is 0 Å². The SMILES string of the molecule is CCCCN(CC)Cc1cnc(Cl)cn1. The average Bonchev–Trinajstić information content (AvgIpc) is 2.27. The van der Waals surface area contributed by atoms with Crippen molar-refractivity contribution in [1.29, 1.82) is 0 Å². The number of hydrogen-bond donors (Lipinski definition) is 0. The summed E-state index contributed by atoms with van der Waals surface area (Å²) in [5.41, 5.74) is 0.984. The van der Waals surface area contributed by atoms with Crippen LogP contribution < -0.4 is 0 Å². The lowest BCUT2D eigenvalue weighted by atomic mass is 10.3. The van der Waals surface area contributed by atoms with Crippen LogP contribution in [0.15, 0.2) is 12.4 Å². The van der Waals surface area contributed by atoms with E-state index in [-0.39, 0.29) is 0 Å². The molecular weight excluding hydrogens is 210 g/mol. The monoisotopic (exact) mass is 227 g/mol. The molecule has 0 amide bonds. The van der Waals surface area contributed by atoms with Crippen molar-refractivity contribution in [2.75, 3.05) is 13.1 Å². The van der Waals surface area contributed by atoms with E-state index < -0.39 is 0 Å². The molecule has 0 aliphatic rings. The van der Waals surface area contributed by atoms with E-state index in [4.69, 9.17) is 11.6 Å². The van der Waals surface area contributed by atoms with E-state index in [0.29, 0.717) is 5.15 Å². The van der Waals surface area contributed by atoms with Crippen molar-refractivity contribution in [2.24, 2.45) is 0 Å². The molecule has 1 aromatic heterocycles. The second-order valence-electron chi connectivity index (χ2n) is 3.55. The van der Waals surface area contributed by atoms with Crippen LogP contribution in [0, 0.1) is 0 Å². The third-order valence-corrected chi connectivity index (χ3v) is 2.53. The molecule has 15 heavy (non-hydrogen) atoms. The van der Waals surface area contributed by atoms with E-state index >= 15 is 0 Å². The zero-order valence-corrected chi connectivity index (χ0v) is 10.2. The summed E-state index contributed by atoms with van der Waals surface area (Å²) in [6, 6.07) is 0. The summed E-state index contributed by atoms with van der Waals surface area (Å²) in [5.74, 6) is 0. The molecule has 1 aromatic rings. The molecule has 0 radical (unpaired) electrons. The third-order valence-electron chi connectivity index (χ3n) is 2.33. The molecule has 0 saturated carbocycles. The second-order valence-corrected chi connectivity index (χ2v) is 3.94. The number of nitrogens with zero attached hydrogens (tertiary/aromatic N) is 3. The molecule has 0 N–H and O–H groups in total. The Morgan fingerprint density at radius 3 is 2.60 bits per heavy atom. The van der Waals surface area contributed by atoms with Crippen LogP contribution in [-0.2, 0) is 6.54 Å². The van der Waals surface area contributed by atoms with Gasteiger partial charge in [0, 0.05) is 6.54 Å². The van der Waals surface area contributed by atoms with Crippen LogP contribution in [0.1, 0.15) is 32.4 Å². The van der Waals surface area contributed by atoms with Crippen LogP contribution in [0.4, 0.5) is 0 Å². The van der Waals surface area contributed by atoms with Crippen molar-refractivity contribution in [3.8, 4) is 0 Å². The summed E-state index contributed by atoms with van der Waals surface area (Å²) in [4.78, 5) is 10.6. The van der Waals surface area contributed by atoms with Crippen molar-refractivity contribution < 1.29 is 0 Å². The maximum atomic E-state index is 5.68. The summed E-state index contributed by atoms with van der Waals surface area (Å²) in [6.45, 7) is 7.40. The summed E-state index contributed by atoms with van der Waals surface area (Å²) >= 11 is 5.68. The number of unbranched alkanes of at least 4 members (excludes halogenated alkanes) is 1. The topological polar surface area (TPSA) is 29.0 Å². The highest BCUT2D eigenvalue weighted by atomic mass is 35.5. The van der Waals surface area contributed by atoms with Gasteiger partial charge in [-0.15, -0.1) is 0 Å². The molecule has 0 atom stereocenters. The smallest absolute Gasteiger partial charge is 0.147 e. The molecule has 0 aromatic carbocycles. The normalized spacial score (nSPS) is 10.9. The number of hydrogen-bond acceptors (Lipinski definition) is 3. The molecule has 0 fully saturated rings. The maximum Gasteiger partial charge on any atom is 0.147 e. The average molecular weight is 228 g/mol. The molecule has 0 bridgehead atoms. The van der Waals surface area contributed by atoms with Gasteiger partial charge in [-0.3, -0.25) is 9.88 Å². The highest BCUT2D eigenvalue weighted by Gasteiger charge is 2.04. The Bertz CT molecular complexity index is 274. The van der Waals surface area contributed by atoms with Crippen LogP contribution in [0.25, 0.3) is 0 Å². The first-order chi connectivity index (χ1) is 7.26. The summed E-state index contributed by atoms with van der Waals surface area (Å²) < 4.78 is 0. The van der Waals surface area contributed by atoms with E-state index in [0.717, 1.165) is 25.3 Å². The third kappa shape index (κ3) is 4.58. The minimum Gasteiger partial charge on any atom is -0.298 e. The Morgan fingerprint density at radius 2 is 2.07 bits per heavy atom. The number of rotatable bonds is 6. The van der Waals surface area contributed by atoms with Crippen molar-refractivity contribution in [2.45, 2.75) is 33.2 Å². The molecule has 84 valence electrons. The molecule has 0 aliphatic heterocycles. The minimum atomic E-state index is 0.454. The Morgan fingerprint density at radius 1 is 1.27 bits per heavy atom. The zero-order valence-electron chi connectivity index (χ0n) is 9.41. The van der Waals surface area contributed by atoms with Crippen LogP contribution in [0.5, 0.6) is 0 Å². The lowest BCUT2D eigenvalue weighted by Gasteiger charge is -2.19. The van der Waals surface area contributed by atoms with Gasteiger partial charge < -0.3 is 0 Å². The van der Waals surface area contributed by atoms with Gasteiger partial charge in [-0.05, 0) is 19.5 Å². The summed E-state index contributed by atoms with van der Waals surface area (Å²) in [5, 5.41) is 0.454. The first-order valence-electron chi connectivity index (χ1n) is 5.45. The molecule has 3 nitrogen and oxygen atoms in total. The van der Waals surface area contributed by atoms with E-state index in [1.165, 1.54) is 12.8 Å². The number of halogens is 1. The largest absolute Gasteiger partial charge is 0.298 e. The van der Waals surface area contributed by atoms with Gasteiger partial charge in [0.1, 0.15) is 5.15 Å². The van der Waals surface area contributed by atoms with Gasteiger partial charge in [-0.2, -0.15) is 0 Å². The highest BCUT2D eigenvalue weighted by Crippen LogP contribution is 2.05. The van der Waals surface area contributed by atoms with Gasteiger partial charge >= 0.3 is 0 Å². The molecule has 0 spiro atoms. The lowest BCUT2D eigenvalue weighted by molar-refractivity contribution is 0.272. The van der Waals surface area contributed by atoms with Crippen molar-refractivity contribution in [3.05, 3.63) is 23.2 Å². The van der Waals surface area contributed by atoms with Crippen molar-refractivity contribution in [3.63, 3.8) is 0 Å². The van der Waals surface area contributed by atoms with Gasteiger partial charge in [0.2, 0.25) is 0 Å². The first-order valence-corrected chi connectivity index (χ1v) is 5.82. The predicted octanol–water partition coefficient (Wildman–Crippen LogP) is 2.75. The molecule has 0 aliphatic carbocycles. The van der Waals surface area contributed by atoms with E-state index in [1.54, 1.807) is 12.4 Å². The predicted molar refractivity (Wildman–Crippen MR) is 62.9 cm³/mol. The summed E-state index contributed by atoms with van der Waals surface area (Å²) in [6.07, 6.45) is 5.80. The fourth-order valence-electron chi connectivity index (χ4n) is 1.38. The standard InChI is InChI=1S/C11H18ClN3/c1-3-5-6-15(4-2)9-10-7-14-11(12)8-13-10/h7-8H,3-6,9H2,1-2H3. The fourth-order valence-corrected chi connectivity index (χ4v) is 1.48. The van der Waals surface area contributed by atoms with Crippen molar-refractivity contribution >= 4 is 11.6 Å². The summed E-state index contributed by atoms with van der Waals surface area (Å²) in [7, 11) is 0. The van der Waals surface area contributed by atoms with Gasteiger partial charge in [0.25, 0.3) is 0 Å². The first kappa shape index (κ1) is 12.4. The van der Waals surface area contributed by atoms with Crippen LogP contribution in [-0.4, -0.2) is 28.0 Å². The second kappa shape index (κ2) is 6.75. The van der Waals surface area contributed by atoms with E-state index in [2.05, 4.69) is 28.7 Å². The van der Waals surface area contributed by atoms with Crippen molar-refractivity contribution in [1.82, 2.24) is 14.9 Å². The highest BCUT2D eigenvalue weighted by molar-refractivity contribution is 6.29. The van der Waals surface area contributed by atoms with Gasteiger partial charge in [0.05, 0.1) is 18.1 Å². The molecular formula is C11H18ClN3. The molecule has 1 heterocycles. The molecule has 0 saturated heterocycles. The lowest BCUT2D eigenvalue weighted by Crippen LogP contribution is -2.24. The number of aromatic nitrogens is 2. The van der Waals surface area contributed by atoms with Crippen LogP contribution in [0.2, 0.25) is 5.15 Å². The van der Waals surface area contributed by atoms with Crippen LogP contribution >= 0.6 is 11.6 Å². The molecule has 0 unspecified atom stereocenters. The van der Waals surface area contributed by atoms with E-state index in [9.17, 15) is 0 Å². The fraction of sp³-hybridized carbons (Fsp3) is 0.636.